The molecule has 0 saturated carbocycles. The van der Waals surface area contributed by atoms with E-state index in [2.05, 4.69) is 11.9 Å². The predicted octanol–water partition coefficient (Wildman–Crippen LogP) is 5.93. The average Bonchev–Trinajstić information content (AvgIpc) is 3.44. The molecule has 5 rings (SSSR count). The largest absolute Gasteiger partial charge is 0.461 e. The first-order chi connectivity index (χ1) is 18.7. The number of hydrogen-bond acceptors (Lipinski definition) is 5. The van der Waals surface area contributed by atoms with Crippen molar-refractivity contribution in [3.05, 3.63) is 68.4 Å². The molecule has 1 N–H and O–H groups in total. The standard InChI is InChI=1S/C26H20Cl4F3N3O4/c1-3-4-40-23(38)19-18(22(37)35(2)16-8-12(28)6-14(29)20(16)31)17-9-25(32,33)10-36(17)26(19)13-5-11(27)7-15(30)21(13)34-24(26)39/h3,5-8,17-19H,1,4,9-10H2,2H3,(H,34,39)/t17-,18+,19-,26+/m1/s1. The Balaban J connectivity index is 1.74. The molecule has 3 aliphatic heterocycles. The summed E-state index contributed by atoms with van der Waals surface area (Å²) in [6.45, 7) is 2.26. The van der Waals surface area contributed by atoms with Crippen molar-refractivity contribution in [1.29, 1.82) is 0 Å². The fourth-order valence-corrected chi connectivity index (χ4v) is 7.15. The van der Waals surface area contributed by atoms with E-state index in [1.165, 1.54) is 25.3 Å². The van der Waals surface area contributed by atoms with Crippen molar-refractivity contribution in [1.82, 2.24) is 4.90 Å². The zero-order chi connectivity index (χ0) is 29.3. The Morgan fingerprint density at radius 2 is 1.82 bits per heavy atom. The van der Waals surface area contributed by atoms with Gasteiger partial charge in [0.25, 0.3) is 11.8 Å². The van der Waals surface area contributed by atoms with Crippen molar-refractivity contribution in [3.63, 3.8) is 0 Å². The van der Waals surface area contributed by atoms with Crippen molar-refractivity contribution in [2.75, 3.05) is 30.4 Å². The third kappa shape index (κ3) is 4.27. The van der Waals surface area contributed by atoms with E-state index < -0.39 is 65.9 Å². The van der Waals surface area contributed by atoms with Crippen LogP contribution in [-0.2, 0) is 24.7 Å². The van der Waals surface area contributed by atoms with E-state index >= 15 is 13.2 Å². The minimum Gasteiger partial charge on any atom is -0.461 e. The summed E-state index contributed by atoms with van der Waals surface area (Å²) in [6, 6.07) is 3.62. The van der Waals surface area contributed by atoms with Crippen molar-refractivity contribution in [2.45, 2.75) is 23.9 Å². The van der Waals surface area contributed by atoms with Crippen LogP contribution in [0.4, 0.5) is 24.5 Å². The summed E-state index contributed by atoms with van der Waals surface area (Å²) < 4.78 is 50.5. The van der Waals surface area contributed by atoms with Gasteiger partial charge < -0.3 is 15.0 Å². The molecule has 4 atom stereocenters. The van der Waals surface area contributed by atoms with Crippen LogP contribution in [0.15, 0.2) is 36.9 Å². The Morgan fingerprint density at radius 1 is 1.18 bits per heavy atom. The molecule has 40 heavy (non-hydrogen) atoms. The van der Waals surface area contributed by atoms with E-state index in [0.717, 1.165) is 21.9 Å². The summed E-state index contributed by atoms with van der Waals surface area (Å²) in [4.78, 5) is 43.7. The van der Waals surface area contributed by atoms with Crippen LogP contribution in [0.25, 0.3) is 0 Å². The number of hydrogen-bond donors (Lipinski definition) is 1. The van der Waals surface area contributed by atoms with E-state index in [0.29, 0.717) is 0 Å². The van der Waals surface area contributed by atoms with Crippen LogP contribution in [0.1, 0.15) is 12.0 Å². The van der Waals surface area contributed by atoms with E-state index in [1.54, 1.807) is 0 Å². The summed E-state index contributed by atoms with van der Waals surface area (Å²) in [5.74, 6) is -10.4. The third-order valence-electron chi connectivity index (χ3n) is 7.59. The van der Waals surface area contributed by atoms with Gasteiger partial charge in [-0.3, -0.25) is 19.3 Å². The topological polar surface area (TPSA) is 79.0 Å². The van der Waals surface area contributed by atoms with Crippen LogP contribution < -0.4 is 10.2 Å². The molecule has 3 heterocycles. The number of nitrogens with zero attached hydrogens (tertiary/aromatic N) is 2. The molecule has 2 aromatic carbocycles. The van der Waals surface area contributed by atoms with Crippen LogP contribution in [0, 0.1) is 17.7 Å². The lowest BCUT2D eigenvalue weighted by atomic mass is 9.73. The average molecular weight is 637 g/mol. The van der Waals surface area contributed by atoms with Gasteiger partial charge in [0.1, 0.15) is 18.1 Å². The molecule has 0 radical (unpaired) electrons. The van der Waals surface area contributed by atoms with Crippen molar-refractivity contribution < 1.29 is 32.3 Å². The molecule has 7 nitrogen and oxygen atoms in total. The molecule has 2 aromatic rings. The van der Waals surface area contributed by atoms with Gasteiger partial charge in [0, 0.05) is 35.1 Å². The first-order valence-electron chi connectivity index (χ1n) is 11.9. The van der Waals surface area contributed by atoms with E-state index in [1.807, 2.05) is 0 Å². The maximum Gasteiger partial charge on any atom is 0.312 e. The molecule has 2 fully saturated rings. The van der Waals surface area contributed by atoms with Gasteiger partial charge in [-0.1, -0.05) is 59.1 Å². The summed E-state index contributed by atoms with van der Waals surface area (Å²) in [5, 5.41) is 2.30. The predicted molar refractivity (Wildman–Crippen MR) is 145 cm³/mol. The van der Waals surface area contributed by atoms with Crippen LogP contribution in [0.2, 0.25) is 20.1 Å². The Bertz CT molecular complexity index is 1480. The number of carbonyl (C=O) groups excluding carboxylic acids is 3. The number of fused-ring (bicyclic) bond motifs is 4. The maximum atomic E-state index is 15.1. The Hall–Kier alpha value is -2.50. The second kappa shape index (κ2) is 10.1. The highest BCUT2D eigenvalue weighted by molar-refractivity contribution is 6.38. The summed E-state index contributed by atoms with van der Waals surface area (Å²) in [7, 11) is 1.19. The van der Waals surface area contributed by atoms with Crippen LogP contribution in [-0.4, -0.2) is 54.8 Å². The van der Waals surface area contributed by atoms with E-state index in [9.17, 15) is 14.4 Å². The fraction of sp³-hybridized carbons (Fsp3) is 0.346. The molecule has 212 valence electrons. The van der Waals surface area contributed by atoms with Crippen LogP contribution >= 0.6 is 46.4 Å². The summed E-state index contributed by atoms with van der Waals surface area (Å²) in [6.07, 6.45) is 0.414. The lowest BCUT2D eigenvalue weighted by Gasteiger charge is -2.36. The molecule has 2 saturated heterocycles. The van der Waals surface area contributed by atoms with Gasteiger partial charge in [0.2, 0.25) is 5.91 Å². The van der Waals surface area contributed by atoms with Gasteiger partial charge in [0.05, 0.1) is 33.9 Å². The van der Waals surface area contributed by atoms with Crippen LogP contribution in [0.3, 0.4) is 0 Å². The first-order valence-corrected chi connectivity index (χ1v) is 13.4. The number of esters is 1. The third-order valence-corrected chi connectivity index (χ3v) is 8.59. The molecule has 1 spiro atoms. The number of rotatable bonds is 5. The molecule has 0 bridgehead atoms. The molecule has 2 amide bonds. The number of amides is 2. The van der Waals surface area contributed by atoms with Gasteiger partial charge in [-0.05, 0) is 24.3 Å². The van der Waals surface area contributed by atoms with Crippen molar-refractivity contribution in [2.24, 2.45) is 11.8 Å². The van der Waals surface area contributed by atoms with Gasteiger partial charge >= 0.3 is 5.97 Å². The number of benzene rings is 2. The second-order valence-electron chi connectivity index (χ2n) is 9.83. The number of carbonyl (C=O) groups is 3. The number of ether oxygens (including phenoxy) is 1. The lowest BCUT2D eigenvalue weighted by molar-refractivity contribution is -0.158. The monoisotopic (exact) mass is 635 g/mol. The van der Waals surface area contributed by atoms with Crippen molar-refractivity contribution >= 4 is 75.6 Å². The minimum absolute atomic E-state index is 0.00768. The van der Waals surface area contributed by atoms with Crippen molar-refractivity contribution in [3.8, 4) is 0 Å². The van der Waals surface area contributed by atoms with Gasteiger partial charge in [-0.2, -0.15) is 0 Å². The van der Waals surface area contributed by atoms with E-state index in [4.69, 9.17) is 51.1 Å². The zero-order valence-corrected chi connectivity index (χ0v) is 23.6. The molecule has 14 heteroatoms. The summed E-state index contributed by atoms with van der Waals surface area (Å²) >= 11 is 24.6. The Morgan fingerprint density at radius 3 is 2.50 bits per heavy atom. The molecule has 0 unspecified atom stereocenters. The highest BCUT2D eigenvalue weighted by atomic mass is 35.5. The quantitative estimate of drug-likeness (QED) is 0.250. The molecule has 3 aliphatic rings. The number of anilines is 2. The van der Waals surface area contributed by atoms with Gasteiger partial charge in [-0.25, -0.2) is 13.2 Å². The van der Waals surface area contributed by atoms with E-state index in [-0.39, 0.29) is 43.6 Å². The molecule has 0 aliphatic carbocycles. The maximum absolute atomic E-state index is 15.1. The smallest absolute Gasteiger partial charge is 0.312 e. The highest BCUT2D eigenvalue weighted by Gasteiger charge is 2.75. The number of halogens is 7. The normalized spacial score (nSPS) is 26.4. The SMILES string of the molecule is C=CCOC(=O)[C@H]1[C@@H](C(=O)N(C)c2cc(Cl)cc(Cl)c2F)[C@H]2CC(F)(F)CN2[C@]12C(=O)Nc1c(Cl)cc(Cl)cc12. The zero-order valence-electron chi connectivity index (χ0n) is 20.6. The summed E-state index contributed by atoms with van der Waals surface area (Å²) in [5.41, 5.74) is -2.37. The van der Waals surface area contributed by atoms with Crippen LogP contribution in [0.5, 0.6) is 0 Å². The highest BCUT2D eigenvalue weighted by Crippen LogP contribution is 2.61. The molecule has 0 aromatic heterocycles. The Labute approximate surface area is 246 Å². The lowest BCUT2D eigenvalue weighted by Crippen LogP contribution is -2.54. The second-order valence-corrected chi connectivity index (χ2v) is 11.5. The molecular formula is C26H20Cl4F3N3O4. The molecular weight excluding hydrogens is 617 g/mol. The fourth-order valence-electron chi connectivity index (χ4n) is 6.13. The number of nitrogens with one attached hydrogen (secondary N) is 1. The minimum atomic E-state index is -3.33. The van der Waals surface area contributed by atoms with Gasteiger partial charge in [0.15, 0.2) is 5.82 Å². The first kappa shape index (κ1) is 29.0. The van der Waals surface area contributed by atoms with Gasteiger partial charge in [-0.15, -0.1) is 0 Å². The number of alkyl halides is 2. The Kier molecular flexibility index (Phi) is 7.32.